The van der Waals surface area contributed by atoms with Crippen molar-refractivity contribution in [3.05, 3.63) is 29.8 Å². The smallest absolute Gasteiger partial charge is 0.255 e. The van der Waals surface area contributed by atoms with Gasteiger partial charge in [-0.05, 0) is 25.0 Å². The minimum atomic E-state index is -0.194. The van der Waals surface area contributed by atoms with Crippen LogP contribution in [-0.4, -0.2) is 42.6 Å². The number of amides is 1. The van der Waals surface area contributed by atoms with E-state index in [-0.39, 0.29) is 11.6 Å². The van der Waals surface area contributed by atoms with Gasteiger partial charge in [-0.1, -0.05) is 25.0 Å². The molecule has 0 aromatic heterocycles. The number of carbonyl (C=O) groups excluding carboxylic acids is 1. The van der Waals surface area contributed by atoms with Crippen LogP contribution in [0.25, 0.3) is 0 Å². The molecule has 1 aliphatic carbocycles. The van der Waals surface area contributed by atoms with Gasteiger partial charge >= 0.3 is 0 Å². The second-order valence-electron chi connectivity index (χ2n) is 7.04. The number of likely N-dealkylation sites (tertiary alicyclic amines) is 1. The molecule has 0 atom stereocenters. The molecular formula is C18H25N3O. The number of anilines is 1. The topological polar surface area (TPSA) is 35.6 Å². The second-order valence-corrected chi connectivity index (χ2v) is 7.04. The Kier molecular flexibility index (Phi) is 3.37. The Morgan fingerprint density at radius 3 is 2.55 bits per heavy atom. The number of fused-ring (bicyclic) bond motifs is 1. The van der Waals surface area contributed by atoms with Crippen molar-refractivity contribution < 1.29 is 4.79 Å². The number of benzene rings is 1. The van der Waals surface area contributed by atoms with Gasteiger partial charge in [0.25, 0.3) is 5.91 Å². The van der Waals surface area contributed by atoms with E-state index < -0.39 is 0 Å². The lowest BCUT2D eigenvalue weighted by Gasteiger charge is -2.52. The first-order chi connectivity index (χ1) is 10.7. The first-order valence-corrected chi connectivity index (χ1v) is 8.59. The molecule has 4 rings (SSSR count). The van der Waals surface area contributed by atoms with Crippen LogP contribution in [0.5, 0.6) is 0 Å². The highest BCUT2D eigenvalue weighted by Crippen LogP contribution is 2.37. The van der Waals surface area contributed by atoms with Crippen molar-refractivity contribution in [3.63, 3.8) is 0 Å². The molecule has 1 amide bonds. The molecular weight excluding hydrogens is 274 g/mol. The van der Waals surface area contributed by atoms with Gasteiger partial charge in [0.2, 0.25) is 0 Å². The second kappa shape index (κ2) is 5.27. The summed E-state index contributed by atoms with van der Waals surface area (Å²) in [6, 6.07) is 8.73. The van der Waals surface area contributed by atoms with Crippen LogP contribution in [0.4, 0.5) is 5.69 Å². The summed E-state index contributed by atoms with van der Waals surface area (Å²) in [5.74, 6) is 0.0861. The highest BCUT2D eigenvalue weighted by atomic mass is 16.2. The third kappa shape index (κ3) is 2.12. The maximum absolute atomic E-state index is 12.5. The number of hydrogen-bond acceptors (Lipinski definition) is 3. The Hall–Kier alpha value is -1.55. The van der Waals surface area contributed by atoms with Crippen LogP contribution in [-0.2, 0) is 0 Å². The molecule has 1 saturated carbocycles. The maximum atomic E-state index is 12.5. The summed E-state index contributed by atoms with van der Waals surface area (Å²) < 4.78 is 0. The summed E-state index contributed by atoms with van der Waals surface area (Å²) in [4.78, 5) is 17.4. The average Bonchev–Trinajstić information content (AvgIpc) is 3.08. The molecule has 1 saturated heterocycles. The fraction of sp³-hybridized carbons (Fsp3) is 0.611. The molecule has 22 heavy (non-hydrogen) atoms. The maximum Gasteiger partial charge on any atom is 0.255 e. The number of piperidine rings is 1. The van der Waals surface area contributed by atoms with E-state index in [1.54, 1.807) is 0 Å². The van der Waals surface area contributed by atoms with Gasteiger partial charge < -0.3 is 15.1 Å². The quantitative estimate of drug-likeness (QED) is 0.866. The lowest BCUT2D eigenvalue weighted by molar-refractivity contribution is 0.0712. The first kappa shape index (κ1) is 14.1. The van der Waals surface area contributed by atoms with E-state index in [1.165, 1.54) is 25.7 Å². The van der Waals surface area contributed by atoms with E-state index in [2.05, 4.69) is 28.2 Å². The van der Waals surface area contributed by atoms with Crippen molar-refractivity contribution in [2.75, 3.05) is 25.0 Å². The van der Waals surface area contributed by atoms with Crippen LogP contribution < -0.4 is 10.2 Å². The minimum absolute atomic E-state index is 0.0861. The Morgan fingerprint density at radius 2 is 1.82 bits per heavy atom. The van der Waals surface area contributed by atoms with Crippen molar-refractivity contribution in [3.8, 4) is 0 Å². The summed E-state index contributed by atoms with van der Waals surface area (Å²) in [7, 11) is 2.13. The fourth-order valence-corrected chi connectivity index (χ4v) is 4.54. The number of rotatable bonds is 1. The number of para-hydroxylation sites is 1. The van der Waals surface area contributed by atoms with Gasteiger partial charge in [0, 0.05) is 39.0 Å². The van der Waals surface area contributed by atoms with Crippen LogP contribution in [0.2, 0.25) is 0 Å². The van der Waals surface area contributed by atoms with Crippen molar-refractivity contribution in [1.29, 1.82) is 0 Å². The number of nitrogens with one attached hydrogen (secondary N) is 1. The summed E-state index contributed by atoms with van der Waals surface area (Å²) >= 11 is 0. The molecule has 1 N–H and O–H groups in total. The minimum Gasteiger partial charge on any atom is -0.351 e. The molecule has 4 nitrogen and oxygen atoms in total. The predicted octanol–water partition coefficient (Wildman–Crippen LogP) is 2.60. The molecule has 2 fully saturated rings. The number of carbonyl (C=O) groups is 1. The van der Waals surface area contributed by atoms with E-state index in [9.17, 15) is 4.79 Å². The molecule has 0 radical (unpaired) electrons. The Balaban J connectivity index is 1.55. The molecule has 0 bridgehead atoms. The molecule has 0 unspecified atom stereocenters. The van der Waals surface area contributed by atoms with Crippen LogP contribution in [0.1, 0.15) is 48.9 Å². The Labute approximate surface area is 132 Å². The summed E-state index contributed by atoms with van der Waals surface area (Å²) in [6.45, 7) is 2.19. The molecule has 118 valence electrons. The van der Waals surface area contributed by atoms with Gasteiger partial charge in [-0.15, -0.1) is 0 Å². The number of nitrogens with zero attached hydrogens (tertiary/aromatic N) is 2. The predicted molar refractivity (Wildman–Crippen MR) is 88.1 cm³/mol. The Bertz CT molecular complexity index is 571. The third-order valence-electron chi connectivity index (χ3n) is 5.96. The zero-order chi connectivity index (χ0) is 15.2. The summed E-state index contributed by atoms with van der Waals surface area (Å²) in [5.41, 5.74) is 1.68. The summed E-state index contributed by atoms with van der Waals surface area (Å²) in [6.07, 6.45) is 7.52. The van der Waals surface area contributed by atoms with Crippen LogP contribution in [0.15, 0.2) is 24.3 Å². The monoisotopic (exact) mass is 299 g/mol. The average molecular weight is 299 g/mol. The van der Waals surface area contributed by atoms with E-state index in [0.717, 1.165) is 43.2 Å². The van der Waals surface area contributed by atoms with Gasteiger partial charge in [0.15, 0.2) is 0 Å². The molecule has 1 aromatic rings. The zero-order valence-electron chi connectivity index (χ0n) is 13.3. The SMILES string of the molecule is CN1c2ccccc2C(=O)NC12CCN(C1CCCC1)CC2. The highest BCUT2D eigenvalue weighted by Gasteiger charge is 2.44. The Morgan fingerprint density at radius 1 is 1.14 bits per heavy atom. The van der Waals surface area contributed by atoms with E-state index >= 15 is 0 Å². The largest absolute Gasteiger partial charge is 0.351 e. The van der Waals surface area contributed by atoms with Crippen LogP contribution in [0.3, 0.4) is 0 Å². The zero-order valence-corrected chi connectivity index (χ0v) is 13.3. The fourth-order valence-electron chi connectivity index (χ4n) is 4.54. The third-order valence-corrected chi connectivity index (χ3v) is 5.96. The van der Waals surface area contributed by atoms with Crippen LogP contribution in [0, 0.1) is 0 Å². The normalized spacial score (nSPS) is 25.3. The lowest BCUT2D eigenvalue weighted by Crippen LogP contribution is -2.67. The molecule has 3 aliphatic rings. The molecule has 1 spiro atoms. The standard InChI is InChI=1S/C18H25N3O/c1-20-16-9-5-4-8-15(16)17(22)19-18(20)10-12-21(13-11-18)14-6-2-3-7-14/h4-5,8-9,14H,2-3,6-7,10-13H2,1H3,(H,19,22). The van der Waals surface area contributed by atoms with Gasteiger partial charge in [-0.25, -0.2) is 0 Å². The van der Waals surface area contributed by atoms with Crippen molar-refractivity contribution in [2.24, 2.45) is 0 Å². The first-order valence-electron chi connectivity index (χ1n) is 8.59. The van der Waals surface area contributed by atoms with Crippen molar-refractivity contribution in [2.45, 2.75) is 50.2 Å². The molecule has 1 aromatic carbocycles. The lowest BCUT2D eigenvalue weighted by atomic mass is 9.89. The molecule has 4 heteroatoms. The number of hydrogen-bond donors (Lipinski definition) is 1. The highest BCUT2D eigenvalue weighted by molar-refractivity contribution is 6.02. The van der Waals surface area contributed by atoms with Gasteiger partial charge in [-0.2, -0.15) is 0 Å². The van der Waals surface area contributed by atoms with Crippen molar-refractivity contribution in [1.82, 2.24) is 10.2 Å². The van der Waals surface area contributed by atoms with Gasteiger partial charge in [-0.3, -0.25) is 4.79 Å². The van der Waals surface area contributed by atoms with E-state index in [4.69, 9.17) is 0 Å². The molecule has 2 aliphatic heterocycles. The van der Waals surface area contributed by atoms with E-state index in [1.807, 2.05) is 18.2 Å². The van der Waals surface area contributed by atoms with Crippen molar-refractivity contribution >= 4 is 11.6 Å². The van der Waals surface area contributed by atoms with E-state index in [0.29, 0.717) is 0 Å². The van der Waals surface area contributed by atoms with Gasteiger partial charge in [0.1, 0.15) is 5.66 Å². The van der Waals surface area contributed by atoms with Gasteiger partial charge in [0.05, 0.1) is 11.3 Å². The van der Waals surface area contributed by atoms with Crippen LogP contribution >= 0.6 is 0 Å². The molecule has 2 heterocycles. The summed E-state index contributed by atoms with van der Waals surface area (Å²) in [5, 5.41) is 3.31.